The molecule has 0 rings (SSSR count). The summed E-state index contributed by atoms with van der Waals surface area (Å²) in [5.41, 5.74) is 0. The minimum Gasteiger partial charge on any atom is -0.214 e. The highest BCUT2D eigenvalue weighted by Gasteiger charge is 1.57. The Morgan fingerprint density at radius 2 is 2.60 bits per heavy atom. The molecule has 2 heteroatoms. The summed E-state index contributed by atoms with van der Waals surface area (Å²) in [5, 5.41) is 4.75. The van der Waals surface area contributed by atoms with Gasteiger partial charge < -0.3 is 0 Å². The van der Waals surface area contributed by atoms with Crippen LogP contribution >= 0.6 is 11.6 Å². The average Bonchev–Trinajstić information content (AvgIpc) is 1.41. The lowest BCUT2D eigenvalue weighted by Gasteiger charge is -1.52. The van der Waals surface area contributed by atoms with Crippen LogP contribution in [0.25, 0.3) is 0 Å². The van der Waals surface area contributed by atoms with Crippen molar-refractivity contribution in [3.05, 3.63) is 6.08 Å². The van der Waals surface area contributed by atoms with Crippen LogP contribution in [0.1, 0.15) is 0 Å². The van der Waals surface area contributed by atoms with Gasteiger partial charge in [0.1, 0.15) is 0 Å². The zero-order chi connectivity index (χ0) is 4.12. The highest BCUT2D eigenvalue weighted by Crippen LogP contribution is 1.65. The zero-order valence-electron chi connectivity index (χ0n) is 2.74. The Morgan fingerprint density at radius 1 is 2.00 bits per heavy atom. The highest BCUT2D eigenvalue weighted by molar-refractivity contribution is 6.19. The van der Waals surface area contributed by atoms with Crippen molar-refractivity contribution in [3.63, 3.8) is 0 Å². The van der Waals surface area contributed by atoms with Gasteiger partial charge >= 0.3 is 0 Å². The maximum Gasteiger partial charge on any atom is 0.160 e. The maximum absolute atomic E-state index is 5.10. The van der Waals surface area contributed by atoms with Crippen LogP contribution in [0, 0.1) is 0 Å². The standard InChI is InChI=1S/C3H4ClN/c4-2-1-3-5/h1,5H,2H2/p+1. The summed E-state index contributed by atoms with van der Waals surface area (Å²) in [6, 6.07) is 0. The quantitative estimate of drug-likeness (QED) is 0.323. The van der Waals surface area contributed by atoms with E-state index in [0.29, 0.717) is 5.88 Å². The predicted molar refractivity (Wildman–Crippen MR) is 22.2 cm³/mol. The first-order chi connectivity index (χ1) is 2.41. The molecule has 5 heavy (non-hydrogen) atoms. The number of allylic oxidation sites excluding steroid dienone is 1. The molecule has 0 aliphatic heterocycles. The summed E-state index contributed by atoms with van der Waals surface area (Å²) < 4.78 is 0. The molecule has 2 N–H and O–H groups in total. The van der Waals surface area contributed by atoms with Crippen molar-refractivity contribution >= 4 is 17.5 Å². The summed E-state index contributed by atoms with van der Waals surface area (Å²) in [5.74, 6) is 2.72. The lowest BCUT2D eigenvalue weighted by Crippen LogP contribution is -2.25. The van der Waals surface area contributed by atoms with Crippen LogP contribution in [0.5, 0.6) is 0 Å². The van der Waals surface area contributed by atoms with E-state index in [4.69, 9.17) is 17.0 Å². The van der Waals surface area contributed by atoms with Crippen molar-refractivity contribution < 1.29 is 5.41 Å². The first kappa shape index (κ1) is 4.74. The molecule has 0 aromatic rings. The number of nitrogens with two attached hydrogens (primary N) is 1. The monoisotopic (exact) mass is 90.0 g/mol. The number of hydrogen-bond acceptors (Lipinski definition) is 0. The molecule has 0 saturated carbocycles. The van der Waals surface area contributed by atoms with Gasteiger partial charge in [-0.05, 0) is 0 Å². The second-order valence-electron chi connectivity index (χ2n) is 0.525. The lowest BCUT2D eigenvalue weighted by atomic mass is 10.7. The Balaban J connectivity index is 2.93. The molecule has 0 aliphatic carbocycles. The van der Waals surface area contributed by atoms with Gasteiger partial charge in [-0.1, -0.05) is 0 Å². The second kappa shape index (κ2) is 3.74. The van der Waals surface area contributed by atoms with E-state index >= 15 is 0 Å². The molecule has 0 bridgehead atoms. The molecule has 1 nitrogen and oxygen atoms in total. The van der Waals surface area contributed by atoms with Crippen LogP contribution < -0.4 is 5.41 Å². The average molecular weight is 90.5 g/mol. The van der Waals surface area contributed by atoms with E-state index in [0.717, 1.165) is 0 Å². The van der Waals surface area contributed by atoms with E-state index in [9.17, 15) is 0 Å². The minimum absolute atomic E-state index is 0.455. The molecule has 0 aliphatic rings. The Bertz CT molecular complexity index is 53.9. The minimum atomic E-state index is 0.455. The van der Waals surface area contributed by atoms with Gasteiger partial charge in [0.25, 0.3) is 0 Å². The predicted octanol–water partition coefficient (Wildman–Crippen LogP) is -0.790. The Hall–Kier alpha value is -0.260. The van der Waals surface area contributed by atoms with Crippen LogP contribution in [0.2, 0.25) is 0 Å². The van der Waals surface area contributed by atoms with E-state index in [1.54, 1.807) is 6.08 Å². The van der Waals surface area contributed by atoms with E-state index < -0.39 is 0 Å². The molecule has 0 aromatic heterocycles. The van der Waals surface area contributed by atoms with Crippen LogP contribution in [0.4, 0.5) is 0 Å². The molecule has 0 aromatic carbocycles. The molecule has 28 valence electrons. The van der Waals surface area contributed by atoms with E-state index in [-0.39, 0.29) is 0 Å². The lowest BCUT2D eigenvalue weighted by molar-refractivity contribution is -0.101. The second-order valence-corrected chi connectivity index (χ2v) is 0.834. The normalized spacial score (nSPS) is 5.80. The topological polar surface area (TPSA) is 25.6 Å². The first-order valence-electron chi connectivity index (χ1n) is 1.25. The van der Waals surface area contributed by atoms with Gasteiger partial charge in [-0.25, -0.2) is 5.41 Å². The van der Waals surface area contributed by atoms with Gasteiger partial charge in [0.15, 0.2) is 5.87 Å². The van der Waals surface area contributed by atoms with Gasteiger partial charge in [-0.2, -0.15) is 0 Å². The maximum atomic E-state index is 5.10. The number of halogens is 1. The number of rotatable bonds is 1. The van der Waals surface area contributed by atoms with Gasteiger partial charge in [0.05, 0.1) is 5.88 Å². The van der Waals surface area contributed by atoms with Crippen LogP contribution in [0.15, 0.2) is 6.08 Å². The summed E-state index contributed by atoms with van der Waals surface area (Å²) in [6.07, 6.45) is 1.54. The first-order valence-corrected chi connectivity index (χ1v) is 1.79. The molecule has 0 atom stereocenters. The summed E-state index contributed by atoms with van der Waals surface area (Å²) in [7, 11) is 0. The van der Waals surface area contributed by atoms with Crippen molar-refractivity contribution in [1.82, 2.24) is 0 Å². The van der Waals surface area contributed by atoms with Crippen molar-refractivity contribution in [3.8, 4) is 0 Å². The molecule has 0 heterocycles. The molecule has 0 amide bonds. The molecule has 0 radical (unpaired) electrons. The highest BCUT2D eigenvalue weighted by atomic mass is 35.5. The SMILES string of the molecule is [NH2+]=C=CCCl. The van der Waals surface area contributed by atoms with Crippen molar-refractivity contribution in [2.24, 2.45) is 0 Å². The molecule has 0 fully saturated rings. The van der Waals surface area contributed by atoms with Crippen LogP contribution in [0.3, 0.4) is 0 Å². The Labute approximate surface area is 35.8 Å². The number of hydrogen-bond donors (Lipinski definition) is 1. The van der Waals surface area contributed by atoms with Gasteiger partial charge in [-0.15, -0.1) is 11.6 Å². The zero-order valence-corrected chi connectivity index (χ0v) is 3.50. The van der Waals surface area contributed by atoms with Crippen LogP contribution in [-0.4, -0.2) is 11.7 Å². The number of alkyl halides is 1. The molecule has 0 saturated heterocycles. The molecule has 0 spiro atoms. The third-order valence-electron chi connectivity index (χ3n) is 0.195. The molecular formula is C3H5ClN+. The van der Waals surface area contributed by atoms with Gasteiger partial charge in [0.2, 0.25) is 0 Å². The fraction of sp³-hybridized carbons (Fsp3) is 0.333. The summed E-state index contributed by atoms with van der Waals surface area (Å²) in [6.45, 7) is 0. The summed E-state index contributed by atoms with van der Waals surface area (Å²) >= 11 is 5.10. The molecule has 0 unspecified atom stereocenters. The van der Waals surface area contributed by atoms with Gasteiger partial charge in [-0.3, -0.25) is 0 Å². The Kier molecular flexibility index (Phi) is 3.55. The van der Waals surface area contributed by atoms with Crippen molar-refractivity contribution in [2.75, 3.05) is 5.88 Å². The third-order valence-corrected chi connectivity index (χ3v) is 0.349. The van der Waals surface area contributed by atoms with Crippen LogP contribution in [-0.2, 0) is 0 Å². The Morgan fingerprint density at radius 3 is 2.60 bits per heavy atom. The van der Waals surface area contributed by atoms with E-state index in [1.807, 2.05) is 0 Å². The van der Waals surface area contributed by atoms with Crippen molar-refractivity contribution in [2.45, 2.75) is 0 Å². The van der Waals surface area contributed by atoms with E-state index in [2.05, 4.69) is 5.87 Å². The third kappa shape index (κ3) is 3.74. The smallest absolute Gasteiger partial charge is 0.160 e. The fourth-order valence-electron chi connectivity index (χ4n) is 0.0445. The summed E-state index contributed by atoms with van der Waals surface area (Å²) in [4.78, 5) is 0. The van der Waals surface area contributed by atoms with E-state index in [1.165, 1.54) is 0 Å². The van der Waals surface area contributed by atoms with Crippen molar-refractivity contribution in [1.29, 1.82) is 0 Å². The molecular weight excluding hydrogens is 85.5 g/mol. The largest absolute Gasteiger partial charge is 0.214 e. The fourth-order valence-corrected chi connectivity index (χ4v) is 0.134. The van der Waals surface area contributed by atoms with Gasteiger partial charge in [0, 0.05) is 6.08 Å².